The van der Waals surface area contributed by atoms with E-state index in [-0.39, 0.29) is 23.8 Å². The van der Waals surface area contributed by atoms with Gasteiger partial charge < -0.3 is 19.3 Å². The lowest BCUT2D eigenvalue weighted by atomic mass is 9.95. The molecule has 0 N–H and O–H groups in total. The number of likely N-dealkylation sites (tertiary alicyclic amines) is 1. The maximum absolute atomic E-state index is 12.8. The molecular weight excluding hydrogens is 310 g/mol. The number of carbonyl (C=O) groups is 1. The summed E-state index contributed by atoms with van der Waals surface area (Å²) in [5.74, 6) is 0.785. The molecule has 2 aliphatic rings. The van der Waals surface area contributed by atoms with Gasteiger partial charge in [0, 0.05) is 26.2 Å². The van der Waals surface area contributed by atoms with Crippen LogP contribution in [-0.2, 0) is 4.79 Å². The number of hydrogen-bond donors (Lipinski definition) is 0. The van der Waals surface area contributed by atoms with Gasteiger partial charge in [-0.25, -0.2) is 0 Å². The monoisotopic (exact) mass is 335 g/mol. The highest BCUT2D eigenvalue weighted by molar-refractivity contribution is 5.79. The minimum Gasteiger partial charge on any atom is -0.467 e. The highest BCUT2D eigenvalue weighted by Gasteiger charge is 2.31. The van der Waals surface area contributed by atoms with Gasteiger partial charge >= 0.3 is 12.0 Å². The highest BCUT2D eigenvalue weighted by atomic mass is 16.5. The Balaban J connectivity index is 1.72. The second-order valence-corrected chi connectivity index (χ2v) is 6.28. The van der Waals surface area contributed by atoms with Crippen LogP contribution in [0.5, 0.6) is 12.0 Å². The quantitative estimate of drug-likeness (QED) is 0.815. The molecule has 8 nitrogen and oxygen atoms in total. The number of piperidine rings is 2. The van der Waals surface area contributed by atoms with Crippen LogP contribution in [0.3, 0.4) is 0 Å². The zero-order valence-electron chi connectivity index (χ0n) is 14.4. The van der Waals surface area contributed by atoms with Crippen molar-refractivity contribution in [3.8, 4) is 12.0 Å². The molecule has 8 heteroatoms. The molecule has 0 bridgehead atoms. The Labute approximate surface area is 142 Å². The van der Waals surface area contributed by atoms with Crippen molar-refractivity contribution < 1.29 is 14.3 Å². The average molecular weight is 335 g/mol. The van der Waals surface area contributed by atoms with Crippen LogP contribution in [0.2, 0.25) is 0 Å². The summed E-state index contributed by atoms with van der Waals surface area (Å²) >= 11 is 0. The molecule has 0 aromatic carbocycles. The number of rotatable bonds is 4. The smallest absolute Gasteiger partial charge is 0.324 e. The van der Waals surface area contributed by atoms with E-state index in [1.807, 2.05) is 9.80 Å². The van der Waals surface area contributed by atoms with Crippen molar-refractivity contribution in [2.45, 2.75) is 32.1 Å². The zero-order valence-corrected chi connectivity index (χ0v) is 14.4. The molecule has 3 rings (SSSR count). The van der Waals surface area contributed by atoms with Gasteiger partial charge in [-0.1, -0.05) is 0 Å². The van der Waals surface area contributed by atoms with Gasteiger partial charge in [-0.3, -0.25) is 4.79 Å². The molecule has 0 spiro atoms. The van der Waals surface area contributed by atoms with Crippen molar-refractivity contribution in [3.05, 3.63) is 0 Å². The molecule has 0 radical (unpaired) electrons. The lowest BCUT2D eigenvalue weighted by molar-refractivity contribution is -0.136. The van der Waals surface area contributed by atoms with Gasteiger partial charge in [0.2, 0.25) is 11.9 Å². The van der Waals surface area contributed by atoms with Crippen LogP contribution >= 0.6 is 0 Å². The lowest BCUT2D eigenvalue weighted by Gasteiger charge is -2.36. The number of carbonyl (C=O) groups excluding carboxylic acids is 1. The fraction of sp³-hybridized carbons (Fsp3) is 0.750. The Bertz CT molecular complexity index is 555. The highest BCUT2D eigenvalue weighted by Crippen LogP contribution is 2.25. The predicted octanol–water partition coefficient (Wildman–Crippen LogP) is 1.12. The van der Waals surface area contributed by atoms with Crippen LogP contribution in [0.15, 0.2) is 0 Å². The van der Waals surface area contributed by atoms with E-state index in [9.17, 15) is 4.79 Å². The SMILES string of the molecule is COc1nc(OC)nc(N2CCCC(C(=O)N3CCCCC3)C2)n1. The lowest BCUT2D eigenvalue weighted by Crippen LogP contribution is -2.46. The van der Waals surface area contributed by atoms with Gasteiger partial charge in [0.05, 0.1) is 20.1 Å². The van der Waals surface area contributed by atoms with Crippen LogP contribution in [0.4, 0.5) is 5.95 Å². The van der Waals surface area contributed by atoms with Crippen LogP contribution in [0.1, 0.15) is 32.1 Å². The molecule has 1 aromatic heterocycles. The summed E-state index contributed by atoms with van der Waals surface area (Å²) < 4.78 is 10.2. The first-order valence-corrected chi connectivity index (χ1v) is 8.59. The Hall–Kier alpha value is -2.12. The van der Waals surface area contributed by atoms with Gasteiger partial charge in [0.15, 0.2) is 0 Å². The van der Waals surface area contributed by atoms with Crippen molar-refractivity contribution in [1.82, 2.24) is 19.9 Å². The largest absolute Gasteiger partial charge is 0.467 e. The fourth-order valence-electron chi connectivity index (χ4n) is 3.38. The van der Waals surface area contributed by atoms with Crippen molar-refractivity contribution in [2.24, 2.45) is 5.92 Å². The molecule has 2 aliphatic heterocycles. The molecule has 0 saturated carbocycles. The predicted molar refractivity (Wildman–Crippen MR) is 88.3 cm³/mol. The molecule has 1 unspecified atom stereocenters. The van der Waals surface area contributed by atoms with E-state index < -0.39 is 0 Å². The van der Waals surface area contributed by atoms with Gasteiger partial charge in [-0.2, -0.15) is 9.97 Å². The first kappa shape index (κ1) is 16.7. The number of anilines is 1. The molecule has 0 aliphatic carbocycles. The van der Waals surface area contributed by atoms with Crippen LogP contribution in [0.25, 0.3) is 0 Å². The second kappa shape index (κ2) is 7.63. The van der Waals surface area contributed by atoms with Crippen LogP contribution < -0.4 is 14.4 Å². The van der Waals surface area contributed by atoms with E-state index in [1.54, 1.807) is 0 Å². The van der Waals surface area contributed by atoms with E-state index in [0.29, 0.717) is 12.5 Å². The third kappa shape index (κ3) is 3.68. The minimum atomic E-state index is 0.00519. The first-order valence-electron chi connectivity index (χ1n) is 8.59. The third-order valence-corrected chi connectivity index (χ3v) is 4.67. The van der Waals surface area contributed by atoms with Gasteiger partial charge in [-0.15, -0.1) is 4.98 Å². The average Bonchev–Trinajstić information content (AvgIpc) is 2.67. The maximum atomic E-state index is 12.8. The van der Waals surface area contributed by atoms with E-state index in [1.165, 1.54) is 20.6 Å². The standard InChI is InChI=1S/C16H25N5O3/c1-23-15-17-14(18-16(19-15)24-2)21-10-6-7-12(11-21)13(22)20-8-4-3-5-9-20/h12H,3-11H2,1-2H3. The van der Waals surface area contributed by atoms with E-state index >= 15 is 0 Å². The van der Waals surface area contributed by atoms with Gasteiger partial charge in [-0.05, 0) is 32.1 Å². The Morgan fingerprint density at radius 2 is 1.62 bits per heavy atom. The number of amides is 1. The molecular formula is C16H25N5O3. The summed E-state index contributed by atoms with van der Waals surface area (Å²) in [4.78, 5) is 29.5. The number of aromatic nitrogens is 3. The Morgan fingerprint density at radius 3 is 2.25 bits per heavy atom. The summed E-state index contributed by atoms with van der Waals surface area (Å²) in [6.07, 6.45) is 5.32. The Kier molecular flexibility index (Phi) is 5.32. The molecule has 2 saturated heterocycles. The second-order valence-electron chi connectivity index (χ2n) is 6.28. The molecule has 1 aromatic rings. The number of ether oxygens (including phenoxy) is 2. The Morgan fingerprint density at radius 1 is 0.958 bits per heavy atom. The number of hydrogen-bond acceptors (Lipinski definition) is 7. The van der Waals surface area contributed by atoms with Crippen molar-refractivity contribution >= 4 is 11.9 Å². The van der Waals surface area contributed by atoms with E-state index in [4.69, 9.17) is 9.47 Å². The normalized spacial score (nSPS) is 21.5. The molecule has 132 valence electrons. The molecule has 1 atom stereocenters. The van der Waals surface area contributed by atoms with Crippen molar-refractivity contribution in [3.63, 3.8) is 0 Å². The van der Waals surface area contributed by atoms with Crippen molar-refractivity contribution in [1.29, 1.82) is 0 Å². The summed E-state index contributed by atoms with van der Waals surface area (Å²) in [6, 6.07) is 0.447. The summed E-state index contributed by atoms with van der Waals surface area (Å²) in [6.45, 7) is 3.23. The molecule has 3 heterocycles. The molecule has 24 heavy (non-hydrogen) atoms. The molecule has 2 fully saturated rings. The summed E-state index contributed by atoms with van der Waals surface area (Å²) in [7, 11) is 3.02. The maximum Gasteiger partial charge on any atom is 0.324 e. The third-order valence-electron chi connectivity index (χ3n) is 4.67. The topological polar surface area (TPSA) is 80.7 Å². The van der Waals surface area contributed by atoms with E-state index in [2.05, 4.69) is 15.0 Å². The minimum absolute atomic E-state index is 0.00519. The van der Waals surface area contributed by atoms with Crippen molar-refractivity contribution in [2.75, 3.05) is 45.3 Å². The van der Waals surface area contributed by atoms with Crippen LogP contribution in [-0.4, -0.2) is 66.2 Å². The summed E-state index contributed by atoms with van der Waals surface area (Å²) in [5.41, 5.74) is 0. The summed E-state index contributed by atoms with van der Waals surface area (Å²) in [5, 5.41) is 0. The van der Waals surface area contributed by atoms with Gasteiger partial charge in [0.1, 0.15) is 0 Å². The van der Waals surface area contributed by atoms with Crippen LogP contribution in [0, 0.1) is 5.92 Å². The molecule has 1 amide bonds. The zero-order chi connectivity index (χ0) is 16.9. The fourth-order valence-corrected chi connectivity index (χ4v) is 3.38. The van der Waals surface area contributed by atoms with E-state index in [0.717, 1.165) is 45.3 Å². The van der Waals surface area contributed by atoms with Gasteiger partial charge in [0.25, 0.3) is 0 Å². The first-order chi connectivity index (χ1) is 11.7. The number of methoxy groups -OCH3 is 2. The number of nitrogens with zero attached hydrogens (tertiary/aromatic N) is 5.